The van der Waals surface area contributed by atoms with Gasteiger partial charge in [0.1, 0.15) is 0 Å². The minimum absolute atomic E-state index is 0.130. The van der Waals surface area contributed by atoms with Crippen LogP contribution in [-0.2, 0) is 11.3 Å². The zero-order valence-corrected chi connectivity index (χ0v) is 16.9. The fourth-order valence-corrected chi connectivity index (χ4v) is 3.54. The van der Waals surface area contributed by atoms with Gasteiger partial charge in [-0.15, -0.1) is 0 Å². The minimum Gasteiger partial charge on any atom is -0.755 e. The van der Waals surface area contributed by atoms with Crippen LogP contribution in [-0.4, -0.2) is 68.6 Å². The lowest BCUT2D eigenvalue weighted by Gasteiger charge is -2.35. The number of pyridine rings is 1. The molecule has 1 aliphatic heterocycles. The lowest BCUT2D eigenvalue weighted by molar-refractivity contribution is 0.0535. The molecule has 9 nitrogen and oxygen atoms in total. The van der Waals surface area contributed by atoms with E-state index in [1.54, 1.807) is 47.1 Å². The van der Waals surface area contributed by atoms with Gasteiger partial charge in [-0.25, -0.2) is 4.98 Å². The van der Waals surface area contributed by atoms with E-state index in [-0.39, 0.29) is 11.8 Å². The average molecular weight is 417 g/mol. The summed E-state index contributed by atoms with van der Waals surface area (Å²) >= 11 is -2.42. The second kappa shape index (κ2) is 9.01. The number of hydrogen-bond donors (Lipinski definition) is 1. The zero-order chi connectivity index (χ0) is 21.0. The first-order valence-electron chi connectivity index (χ1n) is 8.94. The minimum atomic E-state index is -2.42. The molecule has 0 aliphatic carbocycles. The third-order valence-corrected chi connectivity index (χ3v) is 5.10. The highest BCUT2D eigenvalue weighted by Gasteiger charge is 2.26. The summed E-state index contributed by atoms with van der Waals surface area (Å²) in [4.78, 5) is 32.8. The van der Waals surface area contributed by atoms with Crippen LogP contribution in [0.15, 0.2) is 36.5 Å². The Kier molecular flexibility index (Phi) is 6.45. The largest absolute Gasteiger partial charge is 0.755 e. The number of nitrogens with one attached hydrogen (secondary N) is 1. The molecule has 1 aliphatic rings. The van der Waals surface area contributed by atoms with Crippen LogP contribution in [0.1, 0.15) is 26.3 Å². The Hall–Kier alpha value is -2.98. The van der Waals surface area contributed by atoms with Crippen LogP contribution in [0, 0.1) is 6.92 Å². The molecule has 2 amide bonds. The van der Waals surface area contributed by atoms with Crippen LogP contribution in [0.25, 0.3) is 0 Å². The number of rotatable bonds is 5. The van der Waals surface area contributed by atoms with Gasteiger partial charge in [-0.2, -0.15) is 0 Å². The summed E-state index contributed by atoms with van der Waals surface area (Å²) in [5.41, 5.74) is 2.05. The van der Waals surface area contributed by atoms with Crippen molar-refractivity contribution in [2.24, 2.45) is 0 Å². The van der Waals surface area contributed by atoms with Crippen molar-refractivity contribution in [2.45, 2.75) is 6.92 Å². The van der Waals surface area contributed by atoms with Crippen LogP contribution in [0.2, 0.25) is 0 Å². The number of amides is 2. The Morgan fingerprint density at radius 3 is 2.17 bits per heavy atom. The van der Waals surface area contributed by atoms with Crippen molar-refractivity contribution >= 4 is 28.8 Å². The number of benzene rings is 1. The van der Waals surface area contributed by atoms with E-state index in [1.165, 1.54) is 13.3 Å². The standard InChI is InChI=1S/C19H22N4O5S/c1-13-11-14(3-4-16(13)21-29(26)27)18(24)22-7-9-23(10-8-22)19(25)15-5-6-20-17(12-15)28-2/h3-6,11-12,21H,7-10H2,1-2H3,(H,26,27)/p-1. The van der Waals surface area contributed by atoms with Crippen molar-refractivity contribution in [3.05, 3.63) is 53.2 Å². The molecule has 1 aromatic carbocycles. The number of carbonyl (C=O) groups is 2. The highest BCUT2D eigenvalue weighted by atomic mass is 32.2. The lowest BCUT2D eigenvalue weighted by Crippen LogP contribution is -2.50. The zero-order valence-electron chi connectivity index (χ0n) is 16.1. The van der Waals surface area contributed by atoms with Crippen molar-refractivity contribution in [1.29, 1.82) is 0 Å². The van der Waals surface area contributed by atoms with Crippen molar-refractivity contribution in [1.82, 2.24) is 14.8 Å². The first-order chi connectivity index (χ1) is 13.9. The Bertz CT molecular complexity index is 944. The maximum Gasteiger partial charge on any atom is 0.254 e. The third-order valence-electron chi connectivity index (χ3n) is 4.71. The van der Waals surface area contributed by atoms with Gasteiger partial charge in [-0.3, -0.25) is 13.8 Å². The molecule has 0 saturated carbocycles. The molecule has 154 valence electrons. The van der Waals surface area contributed by atoms with Gasteiger partial charge in [0.15, 0.2) is 0 Å². The number of methoxy groups -OCH3 is 1. The number of hydrogen-bond acceptors (Lipinski definition) is 6. The van der Waals surface area contributed by atoms with Crippen LogP contribution in [0.4, 0.5) is 5.69 Å². The smallest absolute Gasteiger partial charge is 0.254 e. The maximum absolute atomic E-state index is 12.8. The second-order valence-corrected chi connectivity index (χ2v) is 7.21. The van der Waals surface area contributed by atoms with Crippen molar-refractivity contribution in [3.8, 4) is 5.88 Å². The Morgan fingerprint density at radius 1 is 1.07 bits per heavy atom. The Balaban J connectivity index is 1.62. The van der Waals surface area contributed by atoms with Crippen LogP contribution in [0.5, 0.6) is 5.88 Å². The fourth-order valence-electron chi connectivity index (χ4n) is 3.13. The number of carbonyl (C=O) groups excluding carboxylic acids is 2. The van der Waals surface area contributed by atoms with Crippen molar-refractivity contribution in [3.63, 3.8) is 0 Å². The highest BCUT2D eigenvalue weighted by molar-refractivity contribution is 7.80. The van der Waals surface area contributed by atoms with Gasteiger partial charge in [0.05, 0.1) is 7.11 Å². The molecule has 0 bridgehead atoms. The summed E-state index contributed by atoms with van der Waals surface area (Å²) < 4.78 is 28.9. The number of anilines is 1. The van der Waals surface area contributed by atoms with Gasteiger partial charge in [-0.05, 0) is 36.8 Å². The summed E-state index contributed by atoms with van der Waals surface area (Å²) in [6, 6.07) is 8.03. The molecule has 0 spiro atoms. The molecule has 1 aromatic heterocycles. The van der Waals surface area contributed by atoms with E-state index < -0.39 is 11.3 Å². The van der Waals surface area contributed by atoms with E-state index in [2.05, 4.69) is 9.71 Å². The van der Waals surface area contributed by atoms with Gasteiger partial charge in [0.2, 0.25) is 5.88 Å². The topological polar surface area (TPSA) is 115 Å². The molecule has 1 fully saturated rings. The fraction of sp³-hybridized carbons (Fsp3) is 0.316. The monoisotopic (exact) mass is 417 g/mol. The van der Waals surface area contributed by atoms with Gasteiger partial charge in [0.25, 0.3) is 11.8 Å². The van der Waals surface area contributed by atoms with E-state index in [0.717, 1.165) is 0 Å². The molecule has 0 radical (unpaired) electrons. The van der Waals surface area contributed by atoms with Crippen LogP contribution in [0.3, 0.4) is 0 Å². The quantitative estimate of drug-likeness (QED) is 0.731. The number of aromatic nitrogens is 1. The summed E-state index contributed by atoms with van der Waals surface area (Å²) in [6.45, 7) is 3.39. The number of piperazine rings is 1. The molecule has 1 N–H and O–H groups in total. The molecule has 10 heteroatoms. The second-order valence-electron chi connectivity index (χ2n) is 6.54. The summed E-state index contributed by atoms with van der Waals surface area (Å²) in [6.07, 6.45) is 1.52. The lowest BCUT2D eigenvalue weighted by atomic mass is 10.1. The van der Waals surface area contributed by atoms with Gasteiger partial charge >= 0.3 is 0 Å². The summed E-state index contributed by atoms with van der Waals surface area (Å²) in [5, 5.41) is 0. The van der Waals surface area contributed by atoms with Gasteiger partial charge in [-0.1, -0.05) is 0 Å². The molecule has 29 heavy (non-hydrogen) atoms. The van der Waals surface area contributed by atoms with E-state index in [9.17, 15) is 18.4 Å². The molecule has 1 unspecified atom stereocenters. The highest BCUT2D eigenvalue weighted by Crippen LogP contribution is 2.19. The van der Waals surface area contributed by atoms with Crippen molar-refractivity contribution < 1.29 is 23.1 Å². The molecular weight excluding hydrogens is 396 g/mol. The molecular formula is C19H21N4O5S-. The molecule has 1 atom stereocenters. The third kappa shape index (κ3) is 4.90. The first-order valence-corrected chi connectivity index (χ1v) is 10.0. The Labute approximate surface area is 171 Å². The molecule has 3 rings (SSSR count). The predicted octanol–water partition coefficient (Wildman–Crippen LogP) is 1.20. The van der Waals surface area contributed by atoms with E-state index in [4.69, 9.17) is 4.74 Å². The van der Waals surface area contributed by atoms with E-state index in [0.29, 0.717) is 54.4 Å². The normalized spacial score (nSPS) is 15.0. The van der Waals surface area contributed by atoms with E-state index in [1.807, 2.05) is 0 Å². The average Bonchev–Trinajstić information content (AvgIpc) is 2.74. The van der Waals surface area contributed by atoms with Gasteiger partial charge in [0, 0.05) is 66.5 Å². The van der Waals surface area contributed by atoms with Crippen LogP contribution >= 0.6 is 0 Å². The van der Waals surface area contributed by atoms with Gasteiger partial charge < -0.3 is 23.8 Å². The summed E-state index contributed by atoms with van der Waals surface area (Å²) in [5.74, 6) is 0.0917. The number of nitrogens with zero attached hydrogens (tertiary/aromatic N) is 3. The number of ether oxygens (including phenoxy) is 1. The Morgan fingerprint density at radius 2 is 1.66 bits per heavy atom. The molecule has 2 aromatic rings. The van der Waals surface area contributed by atoms with Crippen LogP contribution < -0.4 is 9.46 Å². The molecule has 2 heterocycles. The molecule has 1 saturated heterocycles. The first kappa shape index (κ1) is 20.7. The van der Waals surface area contributed by atoms with Crippen molar-refractivity contribution in [2.75, 3.05) is 38.0 Å². The summed E-state index contributed by atoms with van der Waals surface area (Å²) in [7, 11) is 1.49. The van der Waals surface area contributed by atoms with E-state index >= 15 is 0 Å². The maximum atomic E-state index is 12.8. The SMILES string of the molecule is COc1cc(C(=O)N2CCN(C(=O)c3ccc(NS(=O)[O-])c(C)c3)CC2)ccn1. The number of aryl methyl sites for hydroxylation is 1. The predicted molar refractivity (Wildman–Crippen MR) is 106 cm³/mol.